The van der Waals surface area contributed by atoms with Crippen LogP contribution in [0.15, 0.2) is 30.3 Å². The lowest BCUT2D eigenvalue weighted by Gasteiger charge is -2.25. The van der Waals surface area contributed by atoms with Gasteiger partial charge in [0.2, 0.25) is 17.7 Å². The minimum Gasteiger partial charge on any atom is -0.481 e. The Bertz CT molecular complexity index is 957. The number of carbonyl (C=O) groups excluding carboxylic acids is 3. The van der Waals surface area contributed by atoms with Gasteiger partial charge in [0.05, 0.1) is 18.9 Å². The van der Waals surface area contributed by atoms with Gasteiger partial charge < -0.3 is 42.7 Å². The molecule has 4 unspecified atom stereocenters. The standard InChI is InChI=1S/C23H33N5O9/c24-9-5-4-8-15(21(34)28-17(23(36)37)12-19(31)32)26-22(35)16(10-13-6-2-1-3-7-13)27-20(33)14(25)11-18(29)30/h1-3,6-7,14-17H,4-5,8-12,24-25H2,(H,26,35)(H,27,33)(H,28,34)(H,29,30)(H,31,32)(H,36,37). The summed E-state index contributed by atoms with van der Waals surface area (Å²) in [4.78, 5) is 71.7. The topological polar surface area (TPSA) is 251 Å². The van der Waals surface area contributed by atoms with E-state index in [-0.39, 0.29) is 12.8 Å². The van der Waals surface area contributed by atoms with Crippen molar-refractivity contribution < 1.29 is 44.1 Å². The van der Waals surface area contributed by atoms with Gasteiger partial charge in [-0.25, -0.2) is 4.79 Å². The lowest BCUT2D eigenvalue weighted by molar-refractivity contribution is -0.147. The molecule has 3 amide bonds. The lowest BCUT2D eigenvalue weighted by atomic mass is 10.0. The Morgan fingerprint density at radius 1 is 0.730 bits per heavy atom. The molecule has 1 rings (SSSR count). The molecule has 1 aromatic rings. The highest BCUT2D eigenvalue weighted by atomic mass is 16.4. The van der Waals surface area contributed by atoms with Gasteiger partial charge in [-0.2, -0.15) is 0 Å². The first-order valence-electron chi connectivity index (χ1n) is 11.5. The van der Waals surface area contributed by atoms with Gasteiger partial charge in [-0.1, -0.05) is 30.3 Å². The summed E-state index contributed by atoms with van der Waals surface area (Å²) in [6.07, 6.45) is -0.643. The molecule has 0 radical (unpaired) electrons. The number of carbonyl (C=O) groups is 6. The van der Waals surface area contributed by atoms with Gasteiger partial charge in [-0.3, -0.25) is 24.0 Å². The number of nitrogens with one attached hydrogen (secondary N) is 3. The van der Waals surface area contributed by atoms with Crippen LogP contribution >= 0.6 is 0 Å². The largest absolute Gasteiger partial charge is 0.481 e. The summed E-state index contributed by atoms with van der Waals surface area (Å²) in [5, 5.41) is 34.0. The zero-order valence-corrected chi connectivity index (χ0v) is 20.1. The van der Waals surface area contributed by atoms with Crippen LogP contribution in [-0.2, 0) is 35.2 Å². The third kappa shape index (κ3) is 12.0. The third-order valence-corrected chi connectivity index (χ3v) is 5.22. The van der Waals surface area contributed by atoms with Crippen molar-refractivity contribution in [2.75, 3.05) is 6.54 Å². The van der Waals surface area contributed by atoms with E-state index in [1.165, 1.54) is 0 Å². The maximum atomic E-state index is 13.2. The van der Waals surface area contributed by atoms with Crippen molar-refractivity contribution in [2.24, 2.45) is 11.5 Å². The van der Waals surface area contributed by atoms with E-state index < -0.39 is 72.6 Å². The molecule has 0 aliphatic carbocycles. The number of benzene rings is 1. The molecule has 0 spiro atoms. The Morgan fingerprint density at radius 2 is 1.27 bits per heavy atom. The van der Waals surface area contributed by atoms with Gasteiger partial charge >= 0.3 is 17.9 Å². The van der Waals surface area contributed by atoms with E-state index in [0.29, 0.717) is 24.9 Å². The predicted octanol–water partition coefficient (Wildman–Crippen LogP) is -1.83. The smallest absolute Gasteiger partial charge is 0.326 e. The van der Waals surface area contributed by atoms with Crippen LogP contribution in [0.1, 0.15) is 37.7 Å². The lowest BCUT2D eigenvalue weighted by Crippen LogP contribution is -2.57. The monoisotopic (exact) mass is 523 g/mol. The maximum absolute atomic E-state index is 13.2. The molecule has 0 aliphatic rings. The number of unbranched alkanes of at least 4 members (excludes halogenated alkanes) is 1. The van der Waals surface area contributed by atoms with Crippen molar-refractivity contribution in [2.45, 2.75) is 62.7 Å². The van der Waals surface area contributed by atoms with Crippen LogP contribution in [0.3, 0.4) is 0 Å². The Balaban J connectivity index is 3.11. The Kier molecular flexibility index (Phi) is 13.3. The molecule has 0 aromatic heterocycles. The summed E-state index contributed by atoms with van der Waals surface area (Å²) in [7, 11) is 0. The van der Waals surface area contributed by atoms with E-state index in [0.717, 1.165) is 0 Å². The summed E-state index contributed by atoms with van der Waals surface area (Å²) in [6.45, 7) is 0.299. The van der Waals surface area contributed by atoms with E-state index in [9.17, 15) is 33.9 Å². The second-order valence-corrected chi connectivity index (χ2v) is 8.30. The molecule has 0 bridgehead atoms. The van der Waals surface area contributed by atoms with Gasteiger partial charge in [0.1, 0.15) is 18.1 Å². The summed E-state index contributed by atoms with van der Waals surface area (Å²) in [5.41, 5.74) is 11.7. The second-order valence-electron chi connectivity index (χ2n) is 8.30. The molecule has 14 nitrogen and oxygen atoms in total. The molecule has 37 heavy (non-hydrogen) atoms. The fraction of sp³-hybridized carbons (Fsp3) is 0.478. The molecule has 0 fully saturated rings. The van der Waals surface area contributed by atoms with E-state index in [2.05, 4.69) is 16.0 Å². The summed E-state index contributed by atoms with van der Waals surface area (Å²) >= 11 is 0. The molecule has 10 N–H and O–H groups in total. The minimum atomic E-state index is -1.73. The molecular weight excluding hydrogens is 490 g/mol. The number of hydrogen-bond acceptors (Lipinski definition) is 8. The first-order valence-corrected chi connectivity index (χ1v) is 11.5. The van der Waals surface area contributed by atoms with Gasteiger partial charge in [0.25, 0.3) is 0 Å². The number of rotatable bonds is 17. The molecule has 0 saturated carbocycles. The number of carboxylic acid groups (broad SMARTS) is 3. The van der Waals surface area contributed by atoms with E-state index in [1.807, 2.05) is 0 Å². The average molecular weight is 524 g/mol. The number of nitrogens with two attached hydrogens (primary N) is 2. The first-order chi connectivity index (χ1) is 17.4. The SMILES string of the molecule is NCCCCC(NC(=O)C(Cc1ccccc1)NC(=O)C(N)CC(=O)O)C(=O)NC(CC(=O)O)C(=O)O. The summed E-state index contributed by atoms with van der Waals surface area (Å²) < 4.78 is 0. The van der Waals surface area contributed by atoms with Crippen molar-refractivity contribution >= 4 is 35.6 Å². The van der Waals surface area contributed by atoms with Gasteiger partial charge in [-0.15, -0.1) is 0 Å². The van der Waals surface area contributed by atoms with E-state index >= 15 is 0 Å². The highest BCUT2D eigenvalue weighted by Gasteiger charge is 2.31. The molecule has 204 valence electrons. The van der Waals surface area contributed by atoms with Crippen LogP contribution in [0.5, 0.6) is 0 Å². The van der Waals surface area contributed by atoms with Crippen LogP contribution in [0.2, 0.25) is 0 Å². The predicted molar refractivity (Wildman–Crippen MR) is 129 cm³/mol. The number of hydrogen-bond donors (Lipinski definition) is 8. The molecule has 4 atom stereocenters. The highest BCUT2D eigenvalue weighted by Crippen LogP contribution is 2.08. The van der Waals surface area contributed by atoms with Crippen LogP contribution in [0.25, 0.3) is 0 Å². The molecule has 14 heteroatoms. The van der Waals surface area contributed by atoms with Crippen molar-refractivity contribution in [1.29, 1.82) is 0 Å². The Hall–Kier alpha value is -4.04. The van der Waals surface area contributed by atoms with Crippen molar-refractivity contribution in [3.05, 3.63) is 35.9 Å². The number of amides is 3. The number of aliphatic carboxylic acids is 3. The van der Waals surface area contributed by atoms with Crippen molar-refractivity contribution in [3.63, 3.8) is 0 Å². The first kappa shape index (κ1) is 31.0. The summed E-state index contributed by atoms with van der Waals surface area (Å²) in [5.74, 6) is -6.94. The molecule has 0 saturated heterocycles. The third-order valence-electron chi connectivity index (χ3n) is 5.22. The zero-order valence-electron chi connectivity index (χ0n) is 20.1. The van der Waals surface area contributed by atoms with Crippen LogP contribution in [-0.4, -0.2) is 81.7 Å². The molecular formula is C23H33N5O9. The van der Waals surface area contributed by atoms with E-state index in [4.69, 9.17) is 21.7 Å². The van der Waals surface area contributed by atoms with E-state index in [1.54, 1.807) is 30.3 Å². The average Bonchev–Trinajstić information content (AvgIpc) is 2.82. The minimum absolute atomic E-state index is 0.0217. The van der Waals surface area contributed by atoms with Crippen molar-refractivity contribution in [1.82, 2.24) is 16.0 Å². The quantitative estimate of drug-likeness (QED) is 0.105. The second kappa shape index (κ2) is 15.9. The maximum Gasteiger partial charge on any atom is 0.326 e. The van der Waals surface area contributed by atoms with Crippen LogP contribution in [0.4, 0.5) is 0 Å². The zero-order chi connectivity index (χ0) is 28.0. The fourth-order valence-corrected chi connectivity index (χ4v) is 3.30. The van der Waals surface area contributed by atoms with Crippen LogP contribution < -0.4 is 27.4 Å². The number of carboxylic acids is 3. The molecule has 1 aromatic carbocycles. The molecule has 0 aliphatic heterocycles. The fourth-order valence-electron chi connectivity index (χ4n) is 3.30. The van der Waals surface area contributed by atoms with Crippen molar-refractivity contribution in [3.8, 4) is 0 Å². The summed E-state index contributed by atoms with van der Waals surface area (Å²) in [6, 6.07) is 2.86. The Labute approximate surface area is 212 Å². The highest BCUT2D eigenvalue weighted by molar-refractivity contribution is 5.95. The van der Waals surface area contributed by atoms with Gasteiger partial charge in [0.15, 0.2) is 0 Å². The van der Waals surface area contributed by atoms with Gasteiger partial charge in [-0.05, 0) is 31.4 Å². The Morgan fingerprint density at radius 3 is 1.81 bits per heavy atom. The normalized spacial score (nSPS) is 13.9. The van der Waals surface area contributed by atoms with Gasteiger partial charge in [0, 0.05) is 6.42 Å². The molecule has 0 heterocycles. The van der Waals surface area contributed by atoms with Crippen LogP contribution in [0, 0.1) is 0 Å².